The van der Waals surface area contributed by atoms with Crippen LogP contribution >= 0.6 is 0 Å². The molecule has 6 nitrogen and oxygen atoms in total. The molecule has 2 N–H and O–H groups in total. The standard InChI is InChI=1S/C13H11FN2O4S/c1-8-4-10(2-3-12(8)13(17)18)16-21(19,20)11-5-9(14)6-15-7-11/h2-7,16H,1H3,(H,17,18). The average Bonchev–Trinajstić information content (AvgIpc) is 2.37. The number of aromatic nitrogens is 1. The van der Waals surface area contributed by atoms with E-state index in [4.69, 9.17) is 5.11 Å². The highest BCUT2D eigenvalue weighted by Gasteiger charge is 2.16. The number of carbonyl (C=O) groups is 1. The lowest BCUT2D eigenvalue weighted by molar-refractivity contribution is 0.0696. The van der Waals surface area contributed by atoms with E-state index in [9.17, 15) is 17.6 Å². The second kappa shape index (κ2) is 5.49. The van der Waals surface area contributed by atoms with Crippen LogP contribution in [-0.4, -0.2) is 24.5 Å². The maximum absolute atomic E-state index is 13.0. The van der Waals surface area contributed by atoms with Gasteiger partial charge in [-0.1, -0.05) is 0 Å². The van der Waals surface area contributed by atoms with Gasteiger partial charge in [0.15, 0.2) is 0 Å². The molecule has 21 heavy (non-hydrogen) atoms. The first-order chi connectivity index (χ1) is 9.79. The summed E-state index contributed by atoms with van der Waals surface area (Å²) in [6.45, 7) is 1.55. The van der Waals surface area contributed by atoms with Crippen molar-refractivity contribution < 1.29 is 22.7 Å². The van der Waals surface area contributed by atoms with Gasteiger partial charge < -0.3 is 5.11 Å². The summed E-state index contributed by atoms with van der Waals surface area (Å²) in [6.07, 6.45) is 1.91. The van der Waals surface area contributed by atoms with Crippen LogP contribution in [0.2, 0.25) is 0 Å². The topological polar surface area (TPSA) is 96.4 Å². The summed E-state index contributed by atoms with van der Waals surface area (Å²) in [6, 6.07) is 4.83. The largest absolute Gasteiger partial charge is 0.478 e. The maximum atomic E-state index is 13.0. The molecule has 2 rings (SSSR count). The zero-order valence-corrected chi connectivity index (χ0v) is 11.7. The molecule has 0 unspecified atom stereocenters. The number of carboxylic acid groups (broad SMARTS) is 1. The molecule has 0 fully saturated rings. The molecule has 110 valence electrons. The molecule has 0 aliphatic rings. The van der Waals surface area contributed by atoms with Crippen LogP contribution < -0.4 is 4.72 Å². The Bertz CT molecular complexity index is 806. The lowest BCUT2D eigenvalue weighted by Crippen LogP contribution is -2.14. The minimum Gasteiger partial charge on any atom is -0.478 e. The molecule has 0 spiro atoms. The van der Waals surface area contributed by atoms with Crippen LogP contribution in [-0.2, 0) is 10.0 Å². The average molecular weight is 310 g/mol. The first kappa shape index (κ1) is 14.9. The third-order valence-electron chi connectivity index (χ3n) is 2.70. The van der Waals surface area contributed by atoms with E-state index < -0.39 is 21.8 Å². The van der Waals surface area contributed by atoms with Crippen LogP contribution in [0, 0.1) is 12.7 Å². The fourth-order valence-corrected chi connectivity index (χ4v) is 2.74. The summed E-state index contributed by atoms with van der Waals surface area (Å²) in [5.41, 5.74) is 0.659. The number of sulfonamides is 1. The minimum absolute atomic E-state index is 0.0744. The lowest BCUT2D eigenvalue weighted by atomic mass is 10.1. The van der Waals surface area contributed by atoms with Crippen LogP contribution in [0.15, 0.2) is 41.6 Å². The Labute approximate surface area is 120 Å². The summed E-state index contributed by atoms with van der Waals surface area (Å²) < 4.78 is 39.4. The number of nitrogens with zero attached hydrogens (tertiary/aromatic N) is 1. The zero-order chi connectivity index (χ0) is 15.6. The number of nitrogens with one attached hydrogen (secondary N) is 1. The first-order valence-corrected chi connectivity index (χ1v) is 7.25. The second-order valence-corrected chi connectivity index (χ2v) is 5.96. The number of rotatable bonds is 4. The van der Waals surface area contributed by atoms with Crippen molar-refractivity contribution in [3.8, 4) is 0 Å². The van der Waals surface area contributed by atoms with Crippen molar-refractivity contribution in [1.29, 1.82) is 0 Å². The molecule has 0 aliphatic heterocycles. The van der Waals surface area contributed by atoms with Crippen LogP contribution in [0.5, 0.6) is 0 Å². The number of halogens is 1. The van der Waals surface area contributed by atoms with E-state index in [-0.39, 0.29) is 16.1 Å². The van der Waals surface area contributed by atoms with E-state index in [2.05, 4.69) is 9.71 Å². The summed E-state index contributed by atoms with van der Waals surface area (Å²) in [7, 11) is -3.99. The monoisotopic (exact) mass is 310 g/mol. The van der Waals surface area contributed by atoms with E-state index in [1.54, 1.807) is 6.92 Å². The number of carboxylic acids is 1. The van der Waals surface area contributed by atoms with Crippen molar-refractivity contribution >= 4 is 21.7 Å². The first-order valence-electron chi connectivity index (χ1n) is 5.77. The molecule has 0 amide bonds. The highest BCUT2D eigenvalue weighted by Crippen LogP contribution is 2.19. The van der Waals surface area contributed by atoms with Crippen LogP contribution in [0.25, 0.3) is 0 Å². The zero-order valence-electron chi connectivity index (χ0n) is 10.9. The molecular formula is C13H11FN2O4S. The van der Waals surface area contributed by atoms with E-state index in [1.807, 2.05) is 0 Å². The predicted octanol–water partition coefficient (Wildman–Crippen LogP) is 2.03. The fourth-order valence-electron chi connectivity index (χ4n) is 1.72. The van der Waals surface area contributed by atoms with Gasteiger partial charge in [-0.3, -0.25) is 9.71 Å². The SMILES string of the molecule is Cc1cc(NS(=O)(=O)c2cncc(F)c2)ccc1C(=O)O. The maximum Gasteiger partial charge on any atom is 0.335 e. The molecule has 0 saturated carbocycles. The Hall–Kier alpha value is -2.48. The molecule has 8 heteroatoms. The number of aromatic carboxylic acids is 1. The molecule has 0 aliphatic carbocycles. The number of hydrogen-bond donors (Lipinski definition) is 2. The normalized spacial score (nSPS) is 11.1. The van der Waals surface area contributed by atoms with Gasteiger partial charge in [-0.05, 0) is 36.8 Å². The van der Waals surface area contributed by atoms with E-state index >= 15 is 0 Å². The number of pyridine rings is 1. The Morgan fingerprint density at radius 2 is 2.00 bits per heavy atom. The lowest BCUT2D eigenvalue weighted by Gasteiger charge is -2.09. The van der Waals surface area contributed by atoms with Gasteiger partial charge in [0.25, 0.3) is 10.0 Å². The molecule has 1 heterocycles. The van der Waals surface area contributed by atoms with Gasteiger partial charge in [0.1, 0.15) is 10.7 Å². The van der Waals surface area contributed by atoms with Gasteiger partial charge in [-0.25, -0.2) is 17.6 Å². The van der Waals surface area contributed by atoms with Crippen molar-refractivity contribution in [3.05, 3.63) is 53.6 Å². The Kier molecular flexibility index (Phi) is 3.90. The number of hydrogen-bond acceptors (Lipinski definition) is 4. The highest BCUT2D eigenvalue weighted by atomic mass is 32.2. The van der Waals surface area contributed by atoms with Crippen molar-refractivity contribution in [2.24, 2.45) is 0 Å². The van der Waals surface area contributed by atoms with Crippen LogP contribution in [0.1, 0.15) is 15.9 Å². The van der Waals surface area contributed by atoms with Gasteiger partial charge in [-0.15, -0.1) is 0 Å². The summed E-state index contributed by atoms with van der Waals surface area (Å²) in [5, 5.41) is 8.91. The predicted molar refractivity (Wildman–Crippen MR) is 73.1 cm³/mol. The van der Waals surface area contributed by atoms with Crippen molar-refractivity contribution in [3.63, 3.8) is 0 Å². The molecule has 1 aromatic carbocycles. The molecular weight excluding hydrogens is 299 g/mol. The van der Waals surface area contributed by atoms with Gasteiger partial charge in [0.2, 0.25) is 0 Å². The van der Waals surface area contributed by atoms with Crippen molar-refractivity contribution in [1.82, 2.24) is 4.98 Å². The number of aryl methyl sites for hydroxylation is 1. The van der Waals surface area contributed by atoms with Gasteiger partial charge in [0.05, 0.1) is 11.8 Å². The Morgan fingerprint density at radius 3 is 2.57 bits per heavy atom. The van der Waals surface area contributed by atoms with E-state index in [0.717, 1.165) is 18.5 Å². The fraction of sp³-hybridized carbons (Fsp3) is 0.0769. The van der Waals surface area contributed by atoms with Crippen molar-refractivity contribution in [2.45, 2.75) is 11.8 Å². The molecule has 1 aromatic heterocycles. The Morgan fingerprint density at radius 1 is 1.29 bits per heavy atom. The number of anilines is 1. The molecule has 0 radical (unpaired) electrons. The smallest absolute Gasteiger partial charge is 0.335 e. The second-order valence-electron chi connectivity index (χ2n) is 4.28. The third kappa shape index (κ3) is 3.34. The molecule has 0 bridgehead atoms. The third-order valence-corrected chi connectivity index (χ3v) is 4.05. The molecule has 0 saturated heterocycles. The minimum atomic E-state index is -3.99. The van der Waals surface area contributed by atoms with Gasteiger partial charge >= 0.3 is 5.97 Å². The molecule has 2 aromatic rings. The van der Waals surface area contributed by atoms with Gasteiger partial charge in [-0.2, -0.15) is 0 Å². The highest BCUT2D eigenvalue weighted by molar-refractivity contribution is 7.92. The summed E-state index contributed by atoms with van der Waals surface area (Å²) in [4.78, 5) is 14.0. The summed E-state index contributed by atoms with van der Waals surface area (Å²) >= 11 is 0. The van der Waals surface area contributed by atoms with Crippen LogP contribution in [0.4, 0.5) is 10.1 Å². The van der Waals surface area contributed by atoms with E-state index in [0.29, 0.717) is 5.56 Å². The van der Waals surface area contributed by atoms with Gasteiger partial charge in [0, 0.05) is 11.9 Å². The number of benzene rings is 1. The quantitative estimate of drug-likeness (QED) is 0.900. The Balaban J connectivity index is 2.33. The van der Waals surface area contributed by atoms with Crippen molar-refractivity contribution in [2.75, 3.05) is 4.72 Å². The van der Waals surface area contributed by atoms with E-state index in [1.165, 1.54) is 18.2 Å². The molecule has 0 atom stereocenters. The summed E-state index contributed by atoms with van der Waals surface area (Å²) in [5.74, 6) is -1.87. The van der Waals surface area contributed by atoms with Crippen LogP contribution in [0.3, 0.4) is 0 Å².